The van der Waals surface area contributed by atoms with E-state index in [1.807, 2.05) is 35.9 Å². The second kappa shape index (κ2) is 5.67. The number of piperidine rings is 1. The zero-order valence-electron chi connectivity index (χ0n) is 15.5. The first-order chi connectivity index (χ1) is 12.6. The van der Waals surface area contributed by atoms with Gasteiger partial charge >= 0.3 is 0 Å². The molecule has 0 radical (unpaired) electrons. The molecule has 3 aliphatic rings. The van der Waals surface area contributed by atoms with E-state index in [4.69, 9.17) is 4.98 Å². The normalized spacial score (nSPS) is 27.3. The van der Waals surface area contributed by atoms with Gasteiger partial charge in [-0.1, -0.05) is 0 Å². The van der Waals surface area contributed by atoms with Gasteiger partial charge in [0, 0.05) is 56.0 Å². The largest absolute Gasteiger partial charge is 0.396 e. The zero-order chi connectivity index (χ0) is 17.9. The van der Waals surface area contributed by atoms with Gasteiger partial charge in [-0.15, -0.1) is 0 Å². The first-order valence-corrected chi connectivity index (χ1v) is 9.57. The number of hydrogen-bond donors (Lipinski definition) is 1. The summed E-state index contributed by atoms with van der Waals surface area (Å²) in [5.74, 6) is 3.23. The fourth-order valence-electron chi connectivity index (χ4n) is 4.68. The molecule has 0 amide bonds. The minimum absolute atomic E-state index is 0.0517. The number of aromatic nitrogens is 4. The highest BCUT2D eigenvalue weighted by molar-refractivity contribution is 5.57. The summed E-state index contributed by atoms with van der Waals surface area (Å²) < 4.78 is 2.00. The molecule has 26 heavy (non-hydrogen) atoms. The molecule has 2 aliphatic carbocycles. The van der Waals surface area contributed by atoms with Gasteiger partial charge in [0.1, 0.15) is 5.82 Å². The van der Waals surface area contributed by atoms with E-state index in [0.29, 0.717) is 12.0 Å². The molecular formula is C19H26N6O. The smallest absolute Gasteiger partial charge is 0.227 e. The molecule has 2 bridgehead atoms. The Morgan fingerprint density at radius 3 is 2.88 bits per heavy atom. The SMILES string of the molecule is CN(c1ccnc(N2CC3(CO)CCC2C3)n1)c1cc(C2CC2)n(C)n1. The number of aryl methyl sites for hydroxylation is 1. The maximum atomic E-state index is 9.79. The van der Waals surface area contributed by atoms with Gasteiger partial charge in [-0.2, -0.15) is 10.1 Å². The summed E-state index contributed by atoms with van der Waals surface area (Å²) in [5.41, 5.74) is 1.36. The molecule has 7 nitrogen and oxygen atoms in total. The van der Waals surface area contributed by atoms with Crippen LogP contribution in [0.1, 0.15) is 43.7 Å². The zero-order valence-corrected chi connectivity index (χ0v) is 15.5. The number of nitrogens with zero attached hydrogens (tertiary/aromatic N) is 6. The average Bonchev–Trinajstić information content (AvgIpc) is 3.16. The van der Waals surface area contributed by atoms with Gasteiger partial charge in [-0.25, -0.2) is 4.98 Å². The first-order valence-electron chi connectivity index (χ1n) is 9.57. The van der Waals surface area contributed by atoms with Crippen LogP contribution in [0.25, 0.3) is 0 Å². The average molecular weight is 354 g/mol. The van der Waals surface area contributed by atoms with Crippen molar-refractivity contribution in [1.82, 2.24) is 19.7 Å². The topological polar surface area (TPSA) is 70.3 Å². The Kier molecular flexibility index (Phi) is 3.50. The van der Waals surface area contributed by atoms with Gasteiger partial charge in [0.15, 0.2) is 5.82 Å². The molecule has 7 heteroatoms. The third-order valence-electron chi connectivity index (χ3n) is 6.43. The molecule has 2 saturated carbocycles. The molecule has 1 N–H and O–H groups in total. The quantitative estimate of drug-likeness (QED) is 0.888. The maximum Gasteiger partial charge on any atom is 0.227 e. The van der Waals surface area contributed by atoms with Crippen LogP contribution in [0, 0.1) is 5.41 Å². The number of aliphatic hydroxyl groups excluding tert-OH is 1. The van der Waals surface area contributed by atoms with Crippen LogP contribution in [-0.4, -0.2) is 51.1 Å². The summed E-state index contributed by atoms with van der Waals surface area (Å²) >= 11 is 0. The van der Waals surface area contributed by atoms with Gasteiger partial charge in [0.05, 0.1) is 6.61 Å². The van der Waals surface area contributed by atoms with Crippen LogP contribution < -0.4 is 9.80 Å². The standard InChI is InChI=1S/C19H26N6O/c1-23(17-9-15(13-3-4-13)24(2)22-17)16-6-8-20-18(21-16)25-11-19(12-26)7-5-14(25)10-19/h6,8-9,13-14,26H,3-5,7,10-12H2,1-2H3. The van der Waals surface area contributed by atoms with Crippen LogP contribution in [0.5, 0.6) is 0 Å². The third-order valence-corrected chi connectivity index (χ3v) is 6.43. The van der Waals surface area contributed by atoms with Crippen molar-refractivity contribution in [3.63, 3.8) is 0 Å². The lowest BCUT2D eigenvalue weighted by Gasteiger charge is -2.31. The lowest BCUT2D eigenvalue weighted by molar-refractivity contribution is 0.148. The Balaban J connectivity index is 1.41. The van der Waals surface area contributed by atoms with Gasteiger partial charge in [0.25, 0.3) is 0 Å². The Hall–Kier alpha value is -2.15. The van der Waals surface area contributed by atoms with E-state index in [-0.39, 0.29) is 12.0 Å². The fraction of sp³-hybridized carbons (Fsp3) is 0.632. The molecule has 138 valence electrons. The van der Waals surface area contributed by atoms with Crippen LogP contribution in [0.3, 0.4) is 0 Å². The van der Waals surface area contributed by atoms with E-state index < -0.39 is 0 Å². The van der Waals surface area contributed by atoms with E-state index in [1.54, 1.807) is 0 Å². The van der Waals surface area contributed by atoms with Crippen molar-refractivity contribution in [3.8, 4) is 0 Å². The van der Waals surface area contributed by atoms with Crippen LogP contribution in [-0.2, 0) is 7.05 Å². The number of rotatable bonds is 5. The van der Waals surface area contributed by atoms with E-state index in [0.717, 1.165) is 43.4 Å². The molecule has 1 aliphatic heterocycles. The van der Waals surface area contributed by atoms with Gasteiger partial charge < -0.3 is 14.9 Å². The monoisotopic (exact) mass is 354 g/mol. The molecule has 3 heterocycles. The molecule has 3 fully saturated rings. The minimum atomic E-state index is 0.0517. The number of hydrogen-bond acceptors (Lipinski definition) is 6. The van der Waals surface area contributed by atoms with Crippen molar-refractivity contribution in [2.75, 3.05) is 30.0 Å². The van der Waals surface area contributed by atoms with Gasteiger partial charge in [0.2, 0.25) is 5.95 Å². The fourth-order valence-corrected chi connectivity index (χ4v) is 4.68. The highest BCUT2D eigenvalue weighted by Crippen LogP contribution is 2.48. The number of aliphatic hydroxyl groups is 1. The summed E-state index contributed by atoms with van der Waals surface area (Å²) in [6.07, 6.45) is 7.65. The maximum absolute atomic E-state index is 9.79. The third kappa shape index (κ3) is 2.48. The highest BCUT2D eigenvalue weighted by atomic mass is 16.3. The van der Waals surface area contributed by atoms with Crippen molar-refractivity contribution in [3.05, 3.63) is 24.0 Å². The van der Waals surface area contributed by atoms with Crippen LogP contribution in [0.2, 0.25) is 0 Å². The molecule has 5 rings (SSSR count). The van der Waals surface area contributed by atoms with Crippen LogP contribution in [0.15, 0.2) is 18.3 Å². The molecular weight excluding hydrogens is 328 g/mol. The molecule has 0 spiro atoms. The predicted octanol–water partition coefficient (Wildman–Crippen LogP) is 2.21. The molecule has 2 aromatic heterocycles. The summed E-state index contributed by atoms with van der Waals surface area (Å²) in [7, 11) is 4.03. The van der Waals surface area contributed by atoms with Crippen molar-refractivity contribution in [1.29, 1.82) is 0 Å². The Labute approximate surface area is 153 Å². The van der Waals surface area contributed by atoms with Crippen LogP contribution in [0.4, 0.5) is 17.6 Å². The first kappa shape index (κ1) is 16.1. The highest BCUT2D eigenvalue weighted by Gasteiger charge is 2.50. The summed E-state index contributed by atoms with van der Waals surface area (Å²) in [4.78, 5) is 13.7. The molecule has 1 saturated heterocycles. The van der Waals surface area contributed by atoms with Crippen molar-refractivity contribution in [2.24, 2.45) is 12.5 Å². The minimum Gasteiger partial charge on any atom is -0.396 e. The van der Waals surface area contributed by atoms with Crippen molar-refractivity contribution in [2.45, 2.75) is 44.1 Å². The second-order valence-electron chi connectivity index (χ2n) is 8.28. The van der Waals surface area contributed by atoms with E-state index in [2.05, 4.69) is 21.0 Å². The second-order valence-corrected chi connectivity index (χ2v) is 8.28. The Morgan fingerprint density at radius 2 is 2.15 bits per heavy atom. The Morgan fingerprint density at radius 1 is 1.31 bits per heavy atom. The lowest BCUT2D eigenvalue weighted by atomic mass is 9.89. The van der Waals surface area contributed by atoms with Gasteiger partial charge in [-0.05, 0) is 38.2 Å². The van der Waals surface area contributed by atoms with Crippen molar-refractivity contribution < 1.29 is 5.11 Å². The van der Waals surface area contributed by atoms with E-state index in [1.165, 1.54) is 18.5 Å². The summed E-state index contributed by atoms with van der Waals surface area (Å²) in [5, 5.41) is 14.5. The lowest BCUT2D eigenvalue weighted by Crippen LogP contribution is -2.38. The Bertz CT molecular complexity index is 831. The van der Waals surface area contributed by atoms with E-state index in [9.17, 15) is 5.11 Å². The molecule has 0 aromatic carbocycles. The molecule has 2 aromatic rings. The number of fused-ring (bicyclic) bond motifs is 2. The summed E-state index contributed by atoms with van der Waals surface area (Å²) in [6.45, 7) is 1.12. The molecule has 2 atom stereocenters. The van der Waals surface area contributed by atoms with Crippen LogP contribution >= 0.6 is 0 Å². The number of anilines is 3. The molecule has 2 unspecified atom stereocenters. The van der Waals surface area contributed by atoms with E-state index >= 15 is 0 Å². The predicted molar refractivity (Wildman–Crippen MR) is 99.8 cm³/mol. The van der Waals surface area contributed by atoms with Crippen molar-refractivity contribution >= 4 is 17.6 Å². The van der Waals surface area contributed by atoms with Gasteiger partial charge in [-0.3, -0.25) is 4.68 Å². The summed E-state index contributed by atoms with van der Waals surface area (Å²) in [6, 6.07) is 4.57.